The van der Waals surface area contributed by atoms with Gasteiger partial charge in [-0.1, -0.05) is 6.92 Å². The molecule has 1 aliphatic rings. The summed E-state index contributed by atoms with van der Waals surface area (Å²) >= 11 is 0. The molecule has 1 saturated heterocycles. The van der Waals surface area contributed by atoms with Gasteiger partial charge in [0.15, 0.2) is 0 Å². The van der Waals surface area contributed by atoms with Crippen molar-refractivity contribution in [2.24, 2.45) is 5.92 Å². The Hall–Kier alpha value is -1.66. The molecule has 0 bridgehead atoms. The fraction of sp³-hybridized carbons (Fsp3) is 0.538. The van der Waals surface area contributed by atoms with Gasteiger partial charge in [-0.15, -0.1) is 0 Å². The number of aliphatic hydroxyl groups excluding tert-OH is 1. The number of hydrogen-bond acceptors (Lipinski definition) is 5. The summed E-state index contributed by atoms with van der Waals surface area (Å²) in [6, 6.07) is 0. The van der Waals surface area contributed by atoms with Gasteiger partial charge >= 0.3 is 0 Å². The standard InChI is InChI=1S/C13H18N4O2/c1-7-3-9(5-18)19-13(7)17-4-8(2)10-11(14)15-6-16-12(10)17/h4,6-7,9,13,18H,3,5H2,1-2H3,(H2,14,15,16). The van der Waals surface area contributed by atoms with E-state index in [0.717, 1.165) is 23.0 Å². The lowest BCUT2D eigenvalue weighted by Crippen LogP contribution is -2.15. The molecule has 0 amide bonds. The number of anilines is 1. The van der Waals surface area contributed by atoms with Crippen LogP contribution in [-0.2, 0) is 4.74 Å². The molecule has 0 radical (unpaired) electrons. The number of hydrogen-bond donors (Lipinski definition) is 2. The number of aromatic nitrogens is 3. The van der Waals surface area contributed by atoms with Gasteiger partial charge in [0, 0.05) is 12.1 Å². The molecule has 19 heavy (non-hydrogen) atoms. The third kappa shape index (κ3) is 1.87. The Labute approximate surface area is 111 Å². The molecule has 3 heterocycles. The molecular formula is C13H18N4O2. The van der Waals surface area contributed by atoms with Crippen molar-refractivity contribution in [3.63, 3.8) is 0 Å². The molecule has 6 nitrogen and oxygen atoms in total. The molecule has 0 aliphatic carbocycles. The predicted octanol–water partition coefficient (Wildman–Crippen LogP) is 1.24. The van der Waals surface area contributed by atoms with Crippen LogP contribution in [-0.4, -0.2) is 32.4 Å². The maximum absolute atomic E-state index is 9.23. The molecule has 6 heteroatoms. The van der Waals surface area contributed by atoms with Gasteiger partial charge in [-0.05, 0) is 18.9 Å². The Bertz CT molecular complexity index is 610. The smallest absolute Gasteiger partial charge is 0.147 e. The van der Waals surface area contributed by atoms with Crippen LogP contribution < -0.4 is 5.73 Å². The van der Waals surface area contributed by atoms with Gasteiger partial charge in [-0.2, -0.15) is 0 Å². The second kappa shape index (κ2) is 4.47. The average molecular weight is 262 g/mol. The molecule has 102 valence electrons. The summed E-state index contributed by atoms with van der Waals surface area (Å²) in [6.07, 6.45) is 4.10. The Morgan fingerprint density at radius 3 is 3.00 bits per heavy atom. The number of ether oxygens (including phenoxy) is 1. The van der Waals surface area contributed by atoms with E-state index in [-0.39, 0.29) is 18.9 Å². The highest BCUT2D eigenvalue weighted by molar-refractivity contribution is 5.89. The van der Waals surface area contributed by atoms with E-state index in [0.29, 0.717) is 11.7 Å². The maximum Gasteiger partial charge on any atom is 0.147 e. The minimum atomic E-state index is -0.109. The number of aliphatic hydroxyl groups is 1. The van der Waals surface area contributed by atoms with Gasteiger partial charge in [0.25, 0.3) is 0 Å². The summed E-state index contributed by atoms with van der Waals surface area (Å²) in [5, 5.41) is 10.1. The van der Waals surface area contributed by atoms with Gasteiger partial charge < -0.3 is 20.1 Å². The minimum Gasteiger partial charge on any atom is -0.394 e. The van der Waals surface area contributed by atoms with Gasteiger partial charge in [0.2, 0.25) is 0 Å². The van der Waals surface area contributed by atoms with Gasteiger partial charge in [0.05, 0.1) is 18.1 Å². The SMILES string of the molecule is Cc1cn(C2OC(CO)CC2C)c2ncnc(N)c12. The van der Waals surface area contributed by atoms with Crippen molar-refractivity contribution in [3.8, 4) is 0 Å². The summed E-state index contributed by atoms with van der Waals surface area (Å²) in [5.41, 5.74) is 7.74. The zero-order chi connectivity index (χ0) is 13.6. The van der Waals surface area contributed by atoms with E-state index in [9.17, 15) is 5.11 Å². The third-order valence-electron chi connectivity index (χ3n) is 3.76. The second-order valence-electron chi connectivity index (χ2n) is 5.22. The minimum absolute atomic E-state index is 0.0517. The van der Waals surface area contributed by atoms with Gasteiger partial charge in [0.1, 0.15) is 24.0 Å². The highest BCUT2D eigenvalue weighted by atomic mass is 16.5. The van der Waals surface area contributed by atoms with Crippen molar-refractivity contribution in [2.45, 2.75) is 32.6 Å². The zero-order valence-electron chi connectivity index (χ0n) is 11.1. The summed E-state index contributed by atoms with van der Waals surface area (Å²) in [5.74, 6) is 0.814. The lowest BCUT2D eigenvalue weighted by Gasteiger charge is -2.18. The molecular weight excluding hydrogens is 244 g/mol. The Kier molecular flexibility index (Phi) is 2.91. The molecule has 3 N–H and O–H groups in total. The highest BCUT2D eigenvalue weighted by Gasteiger charge is 2.34. The van der Waals surface area contributed by atoms with Crippen LogP contribution in [0.1, 0.15) is 25.1 Å². The number of nitrogen functional groups attached to an aromatic ring is 1. The molecule has 3 atom stereocenters. The largest absolute Gasteiger partial charge is 0.394 e. The van der Waals surface area contributed by atoms with Crippen LogP contribution in [0.4, 0.5) is 5.82 Å². The first-order valence-electron chi connectivity index (χ1n) is 6.45. The van der Waals surface area contributed by atoms with Crippen LogP contribution >= 0.6 is 0 Å². The first-order valence-corrected chi connectivity index (χ1v) is 6.45. The number of nitrogens with zero attached hydrogens (tertiary/aromatic N) is 3. The van der Waals surface area contributed by atoms with Crippen LogP contribution in [0.5, 0.6) is 0 Å². The molecule has 0 saturated carbocycles. The summed E-state index contributed by atoms with van der Waals surface area (Å²) in [7, 11) is 0. The van der Waals surface area contributed by atoms with Crippen molar-refractivity contribution in [2.75, 3.05) is 12.3 Å². The molecule has 0 spiro atoms. The van der Waals surface area contributed by atoms with Crippen LogP contribution in [0.15, 0.2) is 12.5 Å². The van der Waals surface area contributed by atoms with Crippen molar-refractivity contribution < 1.29 is 9.84 Å². The number of aryl methyl sites for hydroxylation is 1. The van der Waals surface area contributed by atoms with Gasteiger partial charge in [-0.25, -0.2) is 9.97 Å². The van der Waals surface area contributed by atoms with Crippen molar-refractivity contribution in [1.82, 2.24) is 14.5 Å². The van der Waals surface area contributed by atoms with E-state index in [1.807, 2.05) is 17.7 Å². The lowest BCUT2D eigenvalue weighted by atomic mass is 10.1. The third-order valence-corrected chi connectivity index (χ3v) is 3.76. The molecule has 1 fully saturated rings. The summed E-state index contributed by atoms with van der Waals surface area (Å²) in [6.45, 7) is 4.16. The van der Waals surface area contributed by atoms with Crippen LogP contribution in [0.3, 0.4) is 0 Å². The van der Waals surface area contributed by atoms with E-state index >= 15 is 0 Å². The zero-order valence-corrected chi connectivity index (χ0v) is 11.1. The number of rotatable bonds is 2. The molecule has 3 unspecified atom stereocenters. The molecule has 2 aromatic heterocycles. The van der Waals surface area contributed by atoms with Crippen molar-refractivity contribution in [1.29, 1.82) is 0 Å². The molecule has 1 aliphatic heterocycles. The Morgan fingerprint density at radius 2 is 2.32 bits per heavy atom. The fourth-order valence-corrected chi connectivity index (χ4v) is 2.87. The molecule has 0 aromatic carbocycles. The number of nitrogens with two attached hydrogens (primary N) is 1. The Morgan fingerprint density at radius 1 is 1.53 bits per heavy atom. The second-order valence-corrected chi connectivity index (χ2v) is 5.22. The van der Waals surface area contributed by atoms with E-state index in [2.05, 4.69) is 16.9 Å². The molecule has 2 aromatic rings. The maximum atomic E-state index is 9.23. The quantitative estimate of drug-likeness (QED) is 0.850. The fourth-order valence-electron chi connectivity index (χ4n) is 2.87. The predicted molar refractivity (Wildman–Crippen MR) is 71.5 cm³/mol. The first-order chi connectivity index (χ1) is 9.11. The Balaban J connectivity index is 2.09. The van der Waals surface area contributed by atoms with Gasteiger partial charge in [-0.3, -0.25) is 0 Å². The topological polar surface area (TPSA) is 86.2 Å². The number of fused-ring (bicyclic) bond motifs is 1. The van der Waals surface area contributed by atoms with E-state index in [1.54, 1.807) is 0 Å². The van der Waals surface area contributed by atoms with E-state index in [1.165, 1.54) is 6.33 Å². The lowest BCUT2D eigenvalue weighted by molar-refractivity contribution is -0.0292. The first kappa shape index (κ1) is 12.4. The summed E-state index contributed by atoms with van der Waals surface area (Å²) in [4.78, 5) is 8.35. The highest BCUT2D eigenvalue weighted by Crippen LogP contribution is 2.37. The van der Waals surface area contributed by atoms with E-state index in [4.69, 9.17) is 10.5 Å². The van der Waals surface area contributed by atoms with Crippen LogP contribution in [0.2, 0.25) is 0 Å². The monoisotopic (exact) mass is 262 g/mol. The van der Waals surface area contributed by atoms with Crippen molar-refractivity contribution in [3.05, 3.63) is 18.1 Å². The average Bonchev–Trinajstić information content (AvgIpc) is 2.91. The van der Waals surface area contributed by atoms with E-state index < -0.39 is 0 Å². The van der Waals surface area contributed by atoms with Crippen LogP contribution in [0.25, 0.3) is 11.0 Å². The summed E-state index contributed by atoms with van der Waals surface area (Å²) < 4.78 is 7.88. The molecule has 3 rings (SSSR count). The normalized spacial score (nSPS) is 27.2. The van der Waals surface area contributed by atoms with Crippen LogP contribution in [0, 0.1) is 12.8 Å². The van der Waals surface area contributed by atoms with Crippen molar-refractivity contribution >= 4 is 16.9 Å².